The minimum absolute atomic E-state index is 0.826. The Morgan fingerprint density at radius 3 is 2.85 bits per heavy atom. The van der Waals surface area contributed by atoms with E-state index in [1.807, 2.05) is 0 Å². The molecule has 0 aromatic heterocycles. The van der Waals surface area contributed by atoms with Crippen LogP contribution in [-0.4, -0.2) is 37.2 Å². The molecule has 2 fully saturated rings. The van der Waals surface area contributed by atoms with E-state index in [1.165, 1.54) is 38.8 Å². The number of likely N-dealkylation sites (tertiary alicyclic amines) is 1. The van der Waals surface area contributed by atoms with Crippen LogP contribution in [0.5, 0.6) is 0 Å². The molecule has 0 N–H and O–H groups in total. The molecule has 76 valence electrons. The first kappa shape index (κ1) is 9.47. The van der Waals surface area contributed by atoms with E-state index >= 15 is 0 Å². The lowest BCUT2D eigenvalue weighted by molar-refractivity contribution is 0.134. The summed E-state index contributed by atoms with van der Waals surface area (Å²) < 4.78 is 5.48. The van der Waals surface area contributed by atoms with Gasteiger partial charge in [-0.05, 0) is 38.1 Å². The Morgan fingerprint density at radius 2 is 2.08 bits per heavy atom. The van der Waals surface area contributed by atoms with Gasteiger partial charge in [0.25, 0.3) is 0 Å². The lowest BCUT2D eigenvalue weighted by Gasteiger charge is -2.25. The number of rotatable bonds is 1. The lowest BCUT2D eigenvalue weighted by atomic mass is 10.1. The minimum atomic E-state index is 0.826. The largest absolute Gasteiger partial charge is 0.381 e. The topological polar surface area (TPSA) is 12.5 Å². The Balaban J connectivity index is 1.84. The fraction of sp³-hybridized carbons (Fsp3) is 1.00. The third-order valence-electron chi connectivity index (χ3n) is 3.39. The first-order chi connectivity index (χ1) is 6.36. The number of hydrogen-bond acceptors (Lipinski definition) is 2. The molecule has 2 nitrogen and oxygen atoms in total. The summed E-state index contributed by atoms with van der Waals surface area (Å²) in [7, 11) is 0. The maximum atomic E-state index is 5.48. The molecule has 0 radical (unpaired) electrons. The van der Waals surface area contributed by atoms with Crippen molar-refractivity contribution >= 4 is 0 Å². The van der Waals surface area contributed by atoms with Gasteiger partial charge in [0.05, 0.1) is 0 Å². The van der Waals surface area contributed by atoms with Crippen molar-refractivity contribution in [2.24, 2.45) is 5.92 Å². The fourth-order valence-electron chi connectivity index (χ4n) is 2.55. The van der Waals surface area contributed by atoms with Crippen LogP contribution in [0, 0.1) is 5.92 Å². The fourth-order valence-corrected chi connectivity index (χ4v) is 2.55. The predicted octanol–water partition coefficient (Wildman–Crippen LogP) is 1.90. The van der Waals surface area contributed by atoms with E-state index in [2.05, 4.69) is 11.8 Å². The van der Waals surface area contributed by atoms with Crippen LogP contribution in [-0.2, 0) is 4.74 Å². The van der Waals surface area contributed by atoms with Crippen molar-refractivity contribution in [2.75, 3.05) is 26.3 Å². The quantitative estimate of drug-likeness (QED) is 0.615. The third-order valence-corrected chi connectivity index (χ3v) is 3.39. The van der Waals surface area contributed by atoms with Gasteiger partial charge in [0.15, 0.2) is 0 Å². The van der Waals surface area contributed by atoms with E-state index in [9.17, 15) is 0 Å². The van der Waals surface area contributed by atoms with Gasteiger partial charge in [-0.25, -0.2) is 0 Å². The molecule has 2 aliphatic heterocycles. The van der Waals surface area contributed by atoms with Gasteiger partial charge in [0.1, 0.15) is 0 Å². The molecule has 13 heavy (non-hydrogen) atoms. The third kappa shape index (κ3) is 2.44. The summed E-state index contributed by atoms with van der Waals surface area (Å²) in [6.07, 6.45) is 5.27. The normalized spacial score (nSPS) is 37.6. The zero-order valence-electron chi connectivity index (χ0n) is 8.67. The molecule has 0 bridgehead atoms. The Labute approximate surface area is 81.3 Å². The Bertz CT molecular complexity index is 152. The highest BCUT2D eigenvalue weighted by Gasteiger charge is 2.26. The molecule has 0 saturated carbocycles. The maximum absolute atomic E-state index is 5.48. The summed E-state index contributed by atoms with van der Waals surface area (Å²) >= 11 is 0. The summed E-state index contributed by atoms with van der Waals surface area (Å²) in [6.45, 7) is 6.99. The smallest absolute Gasteiger partial charge is 0.0480 e. The van der Waals surface area contributed by atoms with Crippen LogP contribution in [0.3, 0.4) is 0 Å². The zero-order valence-corrected chi connectivity index (χ0v) is 8.67. The van der Waals surface area contributed by atoms with E-state index in [1.54, 1.807) is 0 Å². The zero-order chi connectivity index (χ0) is 9.10. The van der Waals surface area contributed by atoms with Crippen molar-refractivity contribution in [3.05, 3.63) is 0 Å². The standard InChI is InChI=1S/C11H21NO/c1-10-4-6-12(9-10)11-3-2-7-13-8-5-11/h10-11H,2-9H2,1H3. The van der Waals surface area contributed by atoms with Crippen LogP contribution in [0.15, 0.2) is 0 Å². The second kappa shape index (κ2) is 4.43. The van der Waals surface area contributed by atoms with Crippen molar-refractivity contribution < 1.29 is 4.74 Å². The van der Waals surface area contributed by atoms with E-state index < -0.39 is 0 Å². The summed E-state index contributed by atoms with van der Waals surface area (Å²) in [5.41, 5.74) is 0. The Morgan fingerprint density at radius 1 is 1.15 bits per heavy atom. The van der Waals surface area contributed by atoms with Crippen LogP contribution in [0.4, 0.5) is 0 Å². The summed E-state index contributed by atoms with van der Waals surface area (Å²) in [5.74, 6) is 0.921. The average molecular weight is 183 g/mol. The molecular formula is C11H21NO. The van der Waals surface area contributed by atoms with Crippen LogP contribution < -0.4 is 0 Å². The molecule has 2 aliphatic rings. The lowest BCUT2D eigenvalue weighted by Crippen LogP contribution is -2.33. The predicted molar refractivity (Wildman–Crippen MR) is 53.8 cm³/mol. The molecule has 0 spiro atoms. The van der Waals surface area contributed by atoms with Gasteiger partial charge in [0.2, 0.25) is 0 Å². The van der Waals surface area contributed by atoms with Gasteiger partial charge in [-0.15, -0.1) is 0 Å². The van der Waals surface area contributed by atoms with Gasteiger partial charge in [-0.2, -0.15) is 0 Å². The number of nitrogens with zero attached hydrogens (tertiary/aromatic N) is 1. The highest BCUT2D eigenvalue weighted by atomic mass is 16.5. The second-order valence-electron chi connectivity index (χ2n) is 4.59. The molecule has 2 atom stereocenters. The summed E-state index contributed by atoms with van der Waals surface area (Å²) in [6, 6.07) is 0.826. The summed E-state index contributed by atoms with van der Waals surface area (Å²) in [5, 5.41) is 0. The molecule has 0 aromatic carbocycles. The maximum Gasteiger partial charge on any atom is 0.0480 e. The molecule has 0 aromatic rings. The van der Waals surface area contributed by atoms with E-state index in [0.29, 0.717) is 0 Å². The molecule has 2 unspecified atom stereocenters. The summed E-state index contributed by atoms with van der Waals surface area (Å²) in [4.78, 5) is 2.68. The minimum Gasteiger partial charge on any atom is -0.381 e. The van der Waals surface area contributed by atoms with E-state index in [0.717, 1.165) is 25.2 Å². The van der Waals surface area contributed by atoms with Gasteiger partial charge >= 0.3 is 0 Å². The van der Waals surface area contributed by atoms with E-state index in [4.69, 9.17) is 4.74 Å². The molecule has 2 rings (SSSR count). The van der Waals surface area contributed by atoms with Crippen molar-refractivity contribution in [3.63, 3.8) is 0 Å². The number of ether oxygens (including phenoxy) is 1. The van der Waals surface area contributed by atoms with Crippen LogP contribution in [0.2, 0.25) is 0 Å². The highest BCUT2D eigenvalue weighted by molar-refractivity contribution is 4.80. The monoisotopic (exact) mass is 183 g/mol. The van der Waals surface area contributed by atoms with Crippen molar-refractivity contribution in [1.82, 2.24) is 4.90 Å². The SMILES string of the molecule is CC1CCN(C2CCCOCC2)C1. The second-order valence-corrected chi connectivity index (χ2v) is 4.59. The van der Waals surface area contributed by atoms with Gasteiger partial charge < -0.3 is 9.64 Å². The van der Waals surface area contributed by atoms with Gasteiger partial charge in [0, 0.05) is 25.8 Å². The van der Waals surface area contributed by atoms with E-state index in [-0.39, 0.29) is 0 Å². The highest BCUT2D eigenvalue weighted by Crippen LogP contribution is 2.23. The number of hydrogen-bond donors (Lipinski definition) is 0. The van der Waals surface area contributed by atoms with Crippen molar-refractivity contribution in [2.45, 2.75) is 38.6 Å². The van der Waals surface area contributed by atoms with Gasteiger partial charge in [-0.3, -0.25) is 0 Å². The molecule has 2 saturated heterocycles. The van der Waals surface area contributed by atoms with Crippen LogP contribution in [0.1, 0.15) is 32.6 Å². The first-order valence-corrected chi connectivity index (χ1v) is 5.68. The average Bonchev–Trinajstić information content (AvgIpc) is 2.43. The van der Waals surface area contributed by atoms with Crippen molar-refractivity contribution in [3.8, 4) is 0 Å². The molecule has 2 heteroatoms. The van der Waals surface area contributed by atoms with Crippen LogP contribution in [0.25, 0.3) is 0 Å². The molecule has 0 aliphatic carbocycles. The van der Waals surface area contributed by atoms with Gasteiger partial charge in [-0.1, -0.05) is 6.92 Å². The Kier molecular flexibility index (Phi) is 3.23. The van der Waals surface area contributed by atoms with Crippen molar-refractivity contribution in [1.29, 1.82) is 0 Å². The Hall–Kier alpha value is -0.0800. The molecule has 0 amide bonds. The molecular weight excluding hydrogens is 162 g/mol. The van der Waals surface area contributed by atoms with Crippen LogP contribution >= 0.6 is 0 Å². The molecule has 2 heterocycles. The first-order valence-electron chi connectivity index (χ1n) is 5.68.